The van der Waals surface area contributed by atoms with Crippen LogP contribution in [0.25, 0.3) is 0 Å². The van der Waals surface area contributed by atoms with Crippen LogP contribution in [0.1, 0.15) is 118 Å². The molecule has 0 aliphatic carbocycles. The third-order valence-corrected chi connectivity index (χ3v) is 17.3. The second-order valence-corrected chi connectivity index (χ2v) is 26.9. The van der Waals surface area contributed by atoms with Gasteiger partial charge in [-0.3, -0.25) is 19.6 Å². The molecule has 3 atom stereocenters. The first-order valence-corrected chi connectivity index (χ1v) is 33.2. The van der Waals surface area contributed by atoms with E-state index in [-0.39, 0.29) is 11.7 Å². The lowest BCUT2D eigenvalue weighted by Gasteiger charge is -2.41. The summed E-state index contributed by atoms with van der Waals surface area (Å²) >= 11 is 1.16. The number of ketones is 1. The summed E-state index contributed by atoms with van der Waals surface area (Å²) in [6.45, 7) is 13.6. The molecule has 7 aromatic rings. The summed E-state index contributed by atoms with van der Waals surface area (Å²) in [5, 5.41) is 25.1. The summed E-state index contributed by atoms with van der Waals surface area (Å²) in [5.74, 6) is -3.36. The number of thiazole rings is 1. The lowest BCUT2D eigenvalue weighted by Crippen LogP contribution is -2.62. The number of oxime groups is 1. The monoisotopic (exact) mass is 1320 g/mol. The molecule has 0 radical (unpaired) electrons. The fourth-order valence-corrected chi connectivity index (χ4v) is 12.7. The van der Waals surface area contributed by atoms with Crippen molar-refractivity contribution >= 4 is 68.3 Å². The molecule has 0 spiro atoms. The van der Waals surface area contributed by atoms with Crippen LogP contribution in [0, 0.1) is 11.3 Å². The third kappa shape index (κ3) is 17.7. The van der Waals surface area contributed by atoms with Gasteiger partial charge in [0.2, 0.25) is 5.91 Å². The van der Waals surface area contributed by atoms with Crippen LogP contribution in [-0.2, 0) is 62.4 Å². The molecule has 0 saturated carbocycles. The van der Waals surface area contributed by atoms with Gasteiger partial charge in [0.15, 0.2) is 28.7 Å². The topological polar surface area (TPSA) is 281 Å². The average molecular weight is 1320 g/mol. The molecular formula is C70H79N9O13S2. The van der Waals surface area contributed by atoms with E-state index in [1.807, 2.05) is 168 Å². The lowest BCUT2D eigenvalue weighted by molar-refractivity contribution is -0.163. The van der Waals surface area contributed by atoms with Crippen LogP contribution in [0.15, 0.2) is 180 Å². The van der Waals surface area contributed by atoms with Crippen LogP contribution >= 0.6 is 11.3 Å². The van der Waals surface area contributed by atoms with Crippen molar-refractivity contribution in [1.29, 1.82) is 5.41 Å². The summed E-state index contributed by atoms with van der Waals surface area (Å²) < 4.78 is 58.2. The van der Waals surface area contributed by atoms with Gasteiger partial charge in [0, 0.05) is 51.1 Å². The Morgan fingerprint density at radius 3 is 1.69 bits per heavy atom. The van der Waals surface area contributed by atoms with Crippen LogP contribution in [0.5, 0.6) is 5.75 Å². The van der Waals surface area contributed by atoms with Crippen molar-refractivity contribution in [2.24, 2.45) is 11.1 Å². The van der Waals surface area contributed by atoms with Gasteiger partial charge in [-0.1, -0.05) is 163 Å². The second kappa shape index (κ2) is 30.4. The van der Waals surface area contributed by atoms with Gasteiger partial charge in [0.25, 0.3) is 6.10 Å². The number of amides is 3. The van der Waals surface area contributed by atoms with Gasteiger partial charge in [-0.05, 0) is 112 Å². The summed E-state index contributed by atoms with van der Waals surface area (Å²) in [6.07, 6.45) is -3.33. The normalized spacial score (nSPS) is 15.2. The molecule has 6 aromatic carbocycles. The molecule has 22 nitrogen and oxygen atoms in total. The number of hydrogen-bond acceptors (Lipinski definition) is 17. The maximum absolute atomic E-state index is 15.0. The molecule has 2 aliphatic rings. The molecule has 3 amide bonds. The zero-order chi connectivity index (χ0) is 67.2. The minimum atomic E-state index is -4.94. The molecule has 1 saturated heterocycles. The lowest BCUT2D eigenvalue weighted by atomic mass is 9.77. The molecule has 0 bridgehead atoms. The smallest absolute Gasteiger partial charge is 0.407 e. The minimum absolute atomic E-state index is 0.00614. The largest absolute Gasteiger partial charge is 0.489 e. The Labute approximate surface area is 552 Å². The second-order valence-electron chi connectivity index (χ2n) is 24.7. The first-order chi connectivity index (χ1) is 44.9. The van der Waals surface area contributed by atoms with Crippen LogP contribution in [-0.4, -0.2) is 130 Å². The van der Waals surface area contributed by atoms with Gasteiger partial charge in [0.1, 0.15) is 34.8 Å². The van der Waals surface area contributed by atoms with E-state index in [0.29, 0.717) is 78.4 Å². The Morgan fingerprint density at radius 2 is 1.21 bits per heavy atom. The quantitative estimate of drug-likeness (QED) is 0.00368. The molecule has 2 aliphatic heterocycles. The van der Waals surface area contributed by atoms with E-state index in [9.17, 15) is 42.4 Å². The van der Waals surface area contributed by atoms with E-state index in [4.69, 9.17) is 28.8 Å². The van der Waals surface area contributed by atoms with Crippen molar-refractivity contribution in [1.82, 2.24) is 29.7 Å². The summed E-state index contributed by atoms with van der Waals surface area (Å²) in [6, 6.07) is 51.8. The molecule has 9 rings (SSSR count). The standard InChI is InChI=1S/C70H79N9O13S2/c1-47-56(62(81)79(47)94(85,86)87)42-58(80)60(57-46-93-65(74-57)75-70(52-29-17-10-18-30-52,53-31-19-11-20-32-53)54-33-21-12-22-34-54)76-92-59(63(82)89-61(48-25-13-8-14-26-48)49-27-15-9-16-28-49)45-88-55-36-35-50-43-78(44-51(50)41-55)64(71)77(39-23-37-72-66(83)90-68(2,3)4)40-24-38-73-67(84)91-69(5,6)7/h8-22,25-36,41,46-47,56,59,61,71H,23-24,37-40,42-45H2,1-7H3,(H,72,83)(H,73,84)(H,74,75)(H,85,86,87)/b71-64?,76-60-/t47-,56-,59-/m0/s1. The van der Waals surface area contributed by atoms with Crippen LogP contribution in [0.2, 0.25) is 0 Å². The van der Waals surface area contributed by atoms with Crippen LogP contribution in [0.3, 0.4) is 0 Å². The van der Waals surface area contributed by atoms with E-state index in [0.717, 1.165) is 39.2 Å². The number of carbonyl (C=O) groups excluding carboxylic acids is 5. The average Bonchev–Trinajstić information content (AvgIpc) is 0.769. The Hall–Kier alpha value is -9.65. The Balaban J connectivity index is 1.01. The van der Waals surface area contributed by atoms with Gasteiger partial charge in [0.05, 0.1) is 12.0 Å². The molecule has 94 heavy (non-hydrogen) atoms. The van der Waals surface area contributed by atoms with E-state index in [2.05, 4.69) is 21.1 Å². The van der Waals surface area contributed by atoms with Gasteiger partial charge in [-0.25, -0.2) is 23.7 Å². The van der Waals surface area contributed by atoms with Crippen molar-refractivity contribution in [2.75, 3.05) is 38.1 Å². The highest BCUT2D eigenvalue weighted by Crippen LogP contribution is 2.41. The number of guanidine groups is 1. The minimum Gasteiger partial charge on any atom is -0.489 e. The van der Waals surface area contributed by atoms with E-state index >= 15 is 0 Å². The van der Waals surface area contributed by atoms with Crippen LogP contribution in [0.4, 0.5) is 14.7 Å². The van der Waals surface area contributed by atoms with Gasteiger partial charge in [-0.2, -0.15) is 8.42 Å². The first kappa shape index (κ1) is 68.7. The number of nitrogens with zero attached hydrogens (tertiary/aromatic N) is 5. The molecule has 3 heterocycles. The number of benzene rings is 6. The fourth-order valence-electron chi connectivity index (χ4n) is 11.0. The number of ether oxygens (including phenoxy) is 4. The van der Waals surface area contributed by atoms with E-state index < -0.39 is 99.8 Å². The molecule has 0 unspecified atom stereocenters. The van der Waals surface area contributed by atoms with E-state index in [1.165, 1.54) is 6.92 Å². The number of nitrogens with one attached hydrogen (secondary N) is 4. The number of fused-ring (bicyclic) bond motifs is 1. The molecule has 5 N–H and O–H groups in total. The molecular weight excluding hydrogens is 1240 g/mol. The number of rotatable bonds is 27. The summed E-state index contributed by atoms with van der Waals surface area (Å²) in [5.41, 5.74) is 2.81. The van der Waals surface area contributed by atoms with E-state index in [1.54, 1.807) is 59.1 Å². The fraction of sp³-hybridized carbons (Fsp3) is 0.343. The summed E-state index contributed by atoms with van der Waals surface area (Å²) in [4.78, 5) is 83.1. The third-order valence-electron chi connectivity index (χ3n) is 15.5. The number of carbonyl (C=O) groups is 5. The molecule has 1 aromatic heterocycles. The maximum atomic E-state index is 15.0. The number of aromatic nitrogens is 1. The predicted octanol–water partition coefficient (Wildman–Crippen LogP) is 11.0. The SMILES string of the molecule is C[C@H]1[C@H](CC(=O)/C(=N\O[C@@H](COc2ccc3c(c2)CN(C(=N)N(CCCNC(=O)OC(C)(C)C)CCCNC(=O)OC(C)(C)C)C3)C(=O)OC(c2ccccc2)c2ccccc2)c2csc(NC(c3ccccc3)(c3ccccc3)c3ccccc3)n2)C(=O)N1S(=O)(=O)O. The zero-order valence-corrected chi connectivity index (χ0v) is 55.2. The first-order valence-electron chi connectivity index (χ1n) is 30.9. The van der Waals surface area contributed by atoms with Gasteiger partial charge in [-0.15, -0.1) is 11.3 Å². The number of β-lactam (4-membered cyclic amide) rings is 1. The maximum Gasteiger partial charge on any atom is 0.407 e. The van der Waals surface area contributed by atoms with Gasteiger partial charge >= 0.3 is 28.5 Å². The Morgan fingerprint density at radius 1 is 0.723 bits per heavy atom. The summed E-state index contributed by atoms with van der Waals surface area (Å²) in [7, 11) is -4.94. The molecule has 24 heteroatoms. The van der Waals surface area contributed by atoms with Crippen molar-refractivity contribution in [2.45, 2.75) is 116 Å². The number of hydrogen-bond donors (Lipinski definition) is 5. The Bertz CT molecular complexity index is 3740. The zero-order valence-electron chi connectivity index (χ0n) is 53.5. The number of alkyl carbamates (subject to hydrolysis) is 2. The highest BCUT2D eigenvalue weighted by atomic mass is 32.2. The number of Topliss-reactive ketones (excluding diaryl/α,β-unsaturated/α-hetero) is 1. The van der Waals surface area contributed by atoms with Crippen molar-refractivity contribution in [3.63, 3.8) is 0 Å². The van der Waals surface area contributed by atoms with Crippen molar-refractivity contribution < 1.29 is 60.7 Å². The highest BCUT2D eigenvalue weighted by Gasteiger charge is 2.51. The Kier molecular flexibility index (Phi) is 22.2. The van der Waals surface area contributed by atoms with Crippen molar-refractivity contribution in [3.05, 3.63) is 220 Å². The number of esters is 1. The molecule has 494 valence electrons. The number of anilines is 1. The van der Waals surface area contributed by atoms with Crippen molar-refractivity contribution in [3.8, 4) is 5.75 Å². The molecule has 1 fully saturated rings. The van der Waals surface area contributed by atoms with Gasteiger partial charge < -0.3 is 49.5 Å². The predicted molar refractivity (Wildman–Crippen MR) is 356 cm³/mol. The highest BCUT2D eigenvalue weighted by molar-refractivity contribution is 7.84. The van der Waals surface area contributed by atoms with Crippen LogP contribution < -0.4 is 20.7 Å².